The van der Waals surface area contributed by atoms with Gasteiger partial charge in [-0.15, -0.1) is 0 Å². The zero-order chi connectivity index (χ0) is 21.0. The number of benzene rings is 1. The molecule has 6 heteroatoms. The Balaban J connectivity index is 1.70. The van der Waals surface area contributed by atoms with Crippen LogP contribution in [0, 0.1) is 11.3 Å². The van der Waals surface area contributed by atoms with Gasteiger partial charge in [0.2, 0.25) is 5.91 Å². The largest absolute Gasteiger partial charge is 0.490 e. The van der Waals surface area contributed by atoms with Crippen molar-refractivity contribution in [2.45, 2.75) is 77.5 Å². The summed E-state index contributed by atoms with van der Waals surface area (Å²) < 4.78 is 12.1. The number of aliphatic imine (C=N–C) groups is 1. The number of carbonyl (C=O) groups excluding carboxylic acids is 1. The molecule has 3 aliphatic rings. The molecule has 1 unspecified atom stereocenters. The Labute approximate surface area is 173 Å². The maximum atomic E-state index is 12.6. The molecule has 6 nitrogen and oxygen atoms in total. The molecule has 1 aromatic rings. The van der Waals surface area contributed by atoms with Crippen LogP contribution in [0.15, 0.2) is 23.2 Å². The Morgan fingerprint density at radius 2 is 2.07 bits per heavy atom. The Kier molecular flexibility index (Phi) is 4.79. The first-order valence-corrected chi connectivity index (χ1v) is 10.7. The van der Waals surface area contributed by atoms with Crippen molar-refractivity contribution in [3.63, 3.8) is 0 Å². The lowest BCUT2D eigenvalue weighted by Gasteiger charge is -2.48. The maximum Gasteiger partial charge on any atom is 0.283 e. The molecule has 1 fully saturated rings. The third-order valence-electron chi connectivity index (χ3n) is 6.58. The fraction of sp³-hybridized carbons (Fsp3) is 0.652. The molecule has 0 saturated heterocycles. The fourth-order valence-electron chi connectivity index (χ4n) is 4.80. The average molecular weight is 400 g/mol. The van der Waals surface area contributed by atoms with Crippen molar-refractivity contribution in [3.05, 3.63) is 29.3 Å². The summed E-state index contributed by atoms with van der Waals surface area (Å²) in [7, 11) is 0. The van der Waals surface area contributed by atoms with Crippen molar-refractivity contribution < 1.29 is 14.3 Å². The van der Waals surface area contributed by atoms with E-state index in [1.54, 1.807) is 0 Å². The quantitative estimate of drug-likeness (QED) is 0.798. The van der Waals surface area contributed by atoms with Gasteiger partial charge in [-0.05, 0) is 42.9 Å². The highest BCUT2D eigenvalue weighted by Gasteiger charge is 2.55. The van der Waals surface area contributed by atoms with E-state index in [0.29, 0.717) is 12.5 Å². The number of ether oxygens (including phenoxy) is 2. The molecule has 1 aromatic carbocycles. The van der Waals surface area contributed by atoms with Crippen LogP contribution in [0.25, 0.3) is 0 Å². The van der Waals surface area contributed by atoms with Crippen LogP contribution in [0.3, 0.4) is 0 Å². The molecule has 1 aliphatic carbocycles. The van der Waals surface area contributed by atoms with E-state index >= 15 is 0 Å². The summed E-state index contributed by atoms with van der Waals surface area (Å²) in [5, 5.41) is 3.25. The maximum absolute atomic E-state index is 12.6. The lowest BCUT2D eigenvalue weighted by molar-refractivity contribution is -0.130. The topological polar surface area (TPSA) is 85.9 Å². The summed E-state index contributed by atoms with van der Waals surface area (Å²) in [6.07, 6.45) is 2.63. The highest BCUT2D eigenvalue weighted by molar-refractivity contribution is 5.81. The second-order valence-corrected chi connectivity index (χ2v) is 10.1. The second-order valence-electron chi connectivity index (χ2n) is 10.1. The summed E-state index contributed by atoms with van der Waals surface area (Å²) in [6.45, 7) is 10.6. The lowest BCUT2D eigenvalue weighted by Crippen LogP contribution is -2.55. The average Bonchev–Trinajstić information content (AvgIpc) is 3.04. The summed E-state index contributed by atoms with van der Waals surface area (Å²) in [5.74, 6) is 1.48. The van der Waals surface area contributed by atoms with Crippen LogP contribution in [0.1, 0.15) is 70.9 Å². The highest BCUT2D eigenvalue weighted by Crippen LogP contribution is 2.52. The summed E-state index contributed by atoms with van der Waals surface area (Å²) in [5.41, 5.74) is 7.37. The third kappa shape index (κ3) is 3.47. The van der Waals surface area contributed by atoms with Crippen LogP contribution in [0.4, 0.5) is 0 Å². The molecule has 29 heavy (non-hydrogen) atoms. The number of amidine groups is 1. The van der Waals surface area contributed by atoms with Crippen molar-refractivity contribution in [3.8, 4) is 5.75 Å². The van der Waals surface area contributed by atoms with E-state index in [-0.39, 0.29) is 30.0 Å². The number of amides is 1. The first kappa shape index (κ1) is 20.0. The minimum absolute atomic E-state index is 0.0495. The van der Waals surface area contributed by atoms with Gasteiger partial charge < -0.3 is 20.5 Å². The van der Waals surface area contributed by atoms with E-state index in [0.717, 1.165) is 30.6 Å². The van der Waals surface area contributed by atoms with Gasteiger partial charge in [0.25, 0.3) is 6.02 Å². The predicted octanol–water partition coefficient (Wildman–Crippen LogP) is 3.44. The number of nitrogens with two attached hydrogens (primary N) is 1. The highest BCUT2D eigenvalue weighted by atomic mass is 16.5. The minimum Gasteiger partial charge on any atom is -0.490 e. The second kappa shape index (κ2) is 6.92. The first-order valence-electron chi connectivity index (χ1n) is 10.7. The number of carbonyl (C=O) groups is 1. The number of nitrogens with zero attached hydrogens (tertiary/aromatic N) is 1. The van der Waals surface area contributed by atoms with Crippen LogP contribution in [0.5, 0.6) is 5.75 Å². The lowest BCUT2D eigenvalue weighted by atomic mass is 9.66. The van der Waals surface area contributed by atoms with Crippen LogP contribution < -0.4 is 15.8 Å². The van der Waals surface area contributed by atoms with Gasteiger partial charge in [-0.2, -0.15) is 0 Å². The number of hydrogen-bond acceptors (Lipinski definition) is 5. The number of fused-ring (bicyclic) bond motifs is 4. The smallest absolute Gasteiger partial charge is 0.283 e. The molecule has 1 amide bonds. The van der Waals surface area contributed by atoms with Gasteiger partial charge in [-0.3, -0.25) is 4.79 Å². The molecular formula is C23H33N3O3. The monoisotopic (exact) mass is 399 g/mol. The Hall–Kier alpha value is -2.24. The van der Waals surface area contributed by atoms with E-state index in [1.807, 2.05) is 20.8 Å². The Bertz CT molecular complexity index is 842. The van der Waals surface area contributed by atoms with Gasteiger partial charge in [0, 0.05) is 22.9 Å². The predicted molar refractivity (Wildman–Crippen MR) is 113 cm³/mol. The molecule has 1 spiro atoms. The third-order valence-corrected chi connectivity index (χ3v) is 6.58. The van der Waals surface area contributed by atoms with Gasteiger partial charge in [0.1, 0.15) is 24.0 Å². The van der Waals surface area contributed by atoms with Crippen LogP contribution >= 0.6 is 0 Å². The van der Waals surface area contributed by atoms with Gasteiger partial charge in [-0.25, -0.2) is 4.99 Å². The van der Waals surface area contributed by atoms with Crippen molar-refractivity contribution >= 4 is 11.9 Å². The number of rotatable bonds is 2. The molecule has 1 saturated carbocycles. The van der Waals surface area contributed by atoms with Crippen molar-refractivity contribution in [1.82, 2.24) is 5.32 Å². The van der Waals surface area contributed by atoms with Crippen LogP contribution in [-0.2, 0) is 15.1 Å². The van der Waals surface area contributed by atoms with E-state index in [4.69, 9.17) is 20.2 Å². The SMILES string of the molecule is CC(C)c1ccc2c(c1)C1(COC(N)=N1)[C@H]1C[C@@H](NC(=O)C(C)(C)C)CC[C@@H]1O2. The Morgan fingerprint density at radius 3 is 2.69 bits per heavy atom. The molecule has 2 aliphatic heterocycles. The van der Waals surface area contributed by atoms with Gasteiger partial charge in [-0.1, -0.05) is 40.7 Å². The standard InChI is InChI=1S/C23H33N3O3/c1-13(2)14-6-8-18-16(10-14)23(12-28-21(24)26-23)17-11-15(7-9-19(17)29-18)25-20(27)22(3,4)5/h6,8,10,13,15,17,19H,7,9,11-12H2,1-5H3,(H2,24,26)(H,25,27)/t15-,17-,19-,23?/m0/s1. The van der Waals surface area contributed by atoms with Crippen molar-refractivity contribution in [2.24, 2.45) is 22.1 Å². The van der Waals surface area contributed by atoms with E-state index in [2.05, 4.69) is 37.4 Å². The fourth-order valence-corrected chi connectivity index (χ4v) is 4.80. The van der Waals surface area contributed by atoms with Gasteiger partial charge in [0.15, 0.2) is 0 Å². The normalized spacial score (nSPS) is 30.8. The zero-order valence-electron chi connectivity index (χ0n) is 18.1. The molecule has 0 radical (unpaired) electrons. The van der Waals surface area contributed by atoms with Crippen LogP contribution in [-0.4, -0.2) is 30.7 Å². The van der Waals surface area contributed by atoms with E-state index in [1.165, 1.54) is 5.56 Å². The minimum atomic E-state index is -0.543. The molecule has 3 N–H and O–H groups in total. The zero-order valence-corrected chi connectivity index (χ0v) is 18.1. The van der Waals surface area contributed by atoms with Crippen molar-refractivity contribution in [2.75, 3.05) is 6.61 Å². The summed E-state index contributed by atoms with van der Waals surface area (Å²) >= 11 is 0. The number of nitrogens with one attached hydrogen (secondary N) is 1. The van der Waals surface area contributed by atoms with E-state index in [9.17, 15) is 4.79 Å². The van der Waals surface area contributed by atoms with E-state index < -0.39 is 11.0 Å². The van der Waals surface area contributed by atoms with Crippen molar-refractivity contribution in [1.29, 1.82) is 0 Å². The summed E-state index contributed by atoms with van der Waals surface area (Å²) in [6, 6.07) is 6.76. The number of hydrogen-bond donors (Lipinski definition) is 2. The summed E-state index contributed by atoms with van der Waals surface area (Å²) in [4.78, 5) is 17.4. The Morgan fingerprint density at radius 1 is 1.31 bits per heavy atom. The first-order chi connectivity index (χ1) is 13.6. The molecule has 4 rings (SSSR count). The molecule has 0 bridgehead atoms. The molecular weight excluding hydrogens is 366 g/mol. The molecule has 158 valence electrons. The molecule has 2 heterocycles. The van der Waals surface area contributed by atoms with Gasteiger partial charge in [0.05, 0.1) is 0 Å². The van der Waals surface area contributed by atoms with Crippen LogP contribution in [0.2, 0.25) is 0 Å². The van der Waals surface area contributed by atoms with Gasteiger partial charge >= 0.3 is 0 Å². The molecule has 4 atom stereocenters. The molecule has 0 aromatic heterocycles.